The topological polar surface area (TPSA) is 175 Å². The number of aliphatic carboxylic acids is 1. The molecule has 11 heteroatoms. The van der Waals surface area contributed by atoms with Crippen molar-refractivity contribution in [2.24, 2.45) is 56.7 Å². The minimum absolute atomic E-state index is 0.0850. The first-order valence-corrected chi connectivity index (χ1v) is 20.1. The van der Waals surface area contributed by atoms with Crippen LogP contribution in [0.2, 0.25) is 0 Å². The Labute approximate surface area is 309 Å². The summed E-state index contributed by atoms with van der Waals surface area (Å²) in [5.41, 5.74) is 2.02. The standard InChI is InChI=1S/C41H66O11/c1-20(2)21-11-14-38(5)17-18-40(7)22(27(21)38)9-10-25-39(6)15-13-26(37(3,4)24(39)12-16-41(25,40)8)50-36-31(46)29(44)32(33(52-36)34(47)48)51-35-30(45)28(43)23(19-42)49-35/h21-33,35-36,42-46H,1,9-19H2,2-8H3,(H,47,48)/t21-,22+,23-,24-,25+,26-,27+,28-,29+,30+,31+,32-,33-,35-,36+,38+,39-,40+,41+/m0/s1. The van der Waals surface area contributed by atoms with Crippen molar-refractivity contribution in [2.75, 3.05) is 6.61 Å². The van der Waals surface area contributed by atoms with E-state index < -0.39 is 67.9 Å². The van der Waals surface area contributed by atoms with Gasteiger partial charge in [-0.3, -0.25) is 0 Å². The van der Waals surface area contributed by atoms with Gasteiger partial charge in [-0.15, -0.1) is 0 Å². The Bertz CT molecular complexity index is 1390. The van der Waals surface area contributed by atoms with Crippen molar-refractivity contribution in [1.29, 1.82) is 0 Å². The van der Waals surface area contributed by atoms with Crippen molar-refractivity contribution >= 4 is 5.97 Å². The van der Waals surface area contributed by atoms with Crippen molar-refractivity contribution < 1.29 is 54.4 Å². The van der Waals surface area contributed by atoms with Crippen LogP contribution in [0.15, 0.2) is 12.2 Å². The quantitative estimate of drug-likeness (QED) is 0.162. The highest BCUT2D eigenvalue weighted by Gasteiger charge is 2.70. The minimum atomic E-state index is -1.76. The average Bonchev–Trinajstić information content (AvgIpc) is 3.57. The van der Waals surface area contributed by atoms with Crippen molar-refractivity contribution in [1.82, 2.24) is 0 Å². The molecule has 0 aromatic rings. The lowest BCUT2D eigenvalue weighted by molar-refractivity contribution is -0.343. The molecule has 0 unspecified atom stereocenters. The molecule has 2 aliphatic heterocycles. The molecule has 52 heavy (non-hydrogen) atoms. The van der Waals surface area contributed by atoms with E-state index >= 15 is 0 Å². The van der Waals surface area contributed by atoms with E-state index in [0.717, 1.165) is 19.3 Å². The summed E-state index contributed by atoms with van der Waals surface area (Å²) in [6.07, 6.45) is -2.78. The van der Waals surface area contributed by atoms with Crippen LogP contribution in [-0.4, -0.2) is 105 Å². The number of carbonyl (C=O) groups is 1. The maximum absolute atomic E-state index is 12.4. The number of ether oxygens (including phenoxy) is 4. The van der Waals surface area contributed by atoms with E-state index in [-0.39, 0.29) is 27.8 Å². The molecule has 19 atom stereocenters. The molecule has 0 aromatic heterocycles. The van der Waals surface area contributed by atoms with E-state index in [1.165, 1.54) is 44.1 Å². The second-order valence-corrected chi connectivity index (χ2v) is 19.9. The van der Waals surface area contributed by atoms with E-state index in [1.807, 2.05) is 0 Å². The molecule has 2 heterocycles. The van der Waals surface area contributed by atoms with Crippen molar-refractivity contribution in [3.63, 3.8) is 0 Å². The molecule has 0 bridgehead atoms. The Balaban J connectivity index is 1.08. The number of fused-ring (bicyclic) bond motifs is 7. The first-order valence-electron chi connectivity index (χ1n) is 20.1. The molecule has 11 nitrogen and oxygen atoms in total. The summed E-state index contributed by atoms with van der Waals surface area (Å²) in [6.45, 7) is 21.0. The highest BCUT2D eigenvalue weighted by molar-refractivity contribution is 5.73. The summed E-state index contributed by atoms with van der Waals surface area (Å²) in [6, 6.07) is 0. The van der Waals surface area contributed by atoms with Crippen LogP contribution in [0.25, 0.3) is 0 Å². The maximum Gasteiger partial charge on any atom is 0.335 e. The fraction of sp³-hybridized carbons (Fsp3) is 0.927. The zero-order valence-corrected chi connectivity index (χ0v) is 32.4. The number of aliphatic hydroxyl groups is 5. The summed E-state index contributed by atoms with van der Waals surface area (Å²) in [5, 5.41) is 62.5. The van der Waals surface area contributed by atoms with Crippen molar-refractivity contribution in [2.45, 2.75) is 174 Å². The Kier molecular flexibility index (Phi) is 9.94. The van der Waals surface area contributed by atoms with E-state index in [0.29, 0.717) is 41.4 Å². The van der Waals surface area contributed by atoms with Gasteiger partial charge in [-0.2, -0.15) is 0 Å². The average molecular weight is 735 g/mol. The second-order valence-electron chi connectivity index (χ2n) is 19.9. The maximum atomic E-state index is 12.4. The molecule has 296 valence electrons. The molecule has 7 aliphatic rings. The van der Waals surface area contributed by atoms with Gasteiger partial charge >= 0.3 is 5.97 Å². The van der Waals surface area contributed by atoms with E-state index in [1.54, 1.807) is 0 Å². The molecule has 0 spiro atoms. The number of carboxylic acids is 1. The van der Waals surface area contributed by atoms with E-state index in [2.05, 4.69) is 55.0 Å². The first kappa shape index (κ1) is 39.1. The molecular formula is C41H66O11. The van der Waals surface area contributed by atoms with E-state index in [4.69, 9.17) is 18.9 Å². The highest BCUT2D eigenvalue weighted by atomic mass is 16.7. The van der Waals surface area contributed by atoms with Gasteiger partial charge in [0.1, 0.15) is 36.6 Å². The Morgan fingerprint density at radius 1 is 0.750 bits per heavy atom. The number of hydrogen-bond acceptors (Lipinski definition) is 10. The van der Waals surface area contributed by atoms with E-state index in [9.17, 15) is 35.4 Å². The lowest BCUT2D eigenvalue weighted by atomic mass is 9.32. The zero-order chi connectivity index (χ0) is 37.9. The number of rotatable bonds is 7. The van der Waals surface area contributed by atoms with Gasteiger partial charge < -0.3 is 49.6 Å². The molecule has 5 saturated carbocycles. The molecule has 0 amide bonds. The van der Waals surface area contributed by atoms with Crippen LogP contribution in [0.4, 0.5) is 0 Å². The lowest BCUT2D eigenvalue weighted by Gasteiger charge is -2.73. The normalized spacial score (nSPS) is 55.5. The van der Waals surface area contributed by atoms with Crippen LogP contribution in [-0.2, 0) is 23.7 Å². The number of allylic oxidation sites excluding steroid dienone is 1. The van der Waals surface area contributed by atoms with Crippen molar-refractivity contribution in [3.05, 3.63) is 12.2 Å². The van der Waals surface area contributed by atoms with Crippen LogP contribution in [0.5, 0.6) is 0 Å². The van der Waals surface area contributed by atoms with Crippen LogP contribution in [0.3, 0.4) is 0 Å². The summed E-state index contributed by atoms with van der Waals surface area (Å²) in [4.78, 5) is 12.4. The Hall–Kier alpha value is -1.15. The Morgan fingerprint density at radius 2 is 1.42 bits per heavy atom. The number of carboxylic acid groups (broad SMARTS) is 1. The highest BCUT2D eigenvalue weighted by Crippen LogP contribution is 2.77. The van der Waals surface area contributed by atoms with Gasteiger partial charge in [0.2, 0.25) is 0 Å². The number of hydrogen-bond donors (Lipinski definition) is 6. The third kappa shape index (κ3) is 5.56. The summed E-state index contributed by atoms with van der Waals surface area (Å²) in [5.74, 6) is 1.51. The molecule has 5 aliphatic carbocycles. The third-order valence-corrected chi connectivity index (χ3v) is 17.3. The minimum Gasteiger partial charge on any atom is -0.479 e. The SMILES string of the molecule is C=C(C)[C@@H]1CC[C@]2(C)CC[C@]3(C)[C@H](CC[C@@H]4[C@@]5(C)CC[C@H](O[C@@H]6O[C@H](C(=O)O)[C@@H](O[C@@H]7O[C@@H](CO)[C@H](O)[C@H]7O)[C@H](O)[C@H]6O)C(C)(C)[C@@H]5CC[C@]43C)[C@@H]12. The summed E-state index contributed by atoms with van der Waals surface area (Å²) < 4.78 is 23.4. The van der Waals surface area contributed by atoms with Gasteiger partial charge in [-0.25, -0.2) is 4.79 Å². The lowest BCUT2D eigenvalue weighted by Crippen LogP contribution is -2.67. The fourth-order valence-corrected chi connectivity index (χ4v) is 14.3. The summed E-state index contributed by atoms with van der Waals surface area (Å²) >= 11 is 0. The number of aliphatic hydroxyl groups excluding tert-OH is 5. The largest absolute Gasteiger partial charge is 0.479 e. The van der Waals surface area contributed by atoms with Gasteiger partial charge in [-0.05, 0) is 128 Å². The van der Waals surface area contributed by atoms with Gasteiger partial charge in [0, 0.05) is 0 Å². The fourth-order valence-electron chi connectivity index (χ4n) is 14.3. The molecule has 7 fully saturated rings. The monoisotopic (exact) mass is 734 g/mol. The van der Waals surface area contributed by atoms with Crippen LogP contribution in [0.1, 0.15) is 113 Å². The molecule has 0 aromatic carbocycles. The molecule has 6 N–H and O–H groups in total. The predicted molar refractivity (Wildman–Crippen MR) is 190 cm³/mol. The smallest absolute Gasteiger partial charge is 0.335 e. The first-order chi connectivity index (χ1) is 24.2. The van der Waals surface area contributed by atoms with Crippen LogP contribution >= 0.6 is 0 Å². The third-order valence-electron chi connectivity index (χ3n) is 17.3. The van der Waals surface area contributed by atoms with Gasteiger partial charge in [0.25, 0.3) is 0 Å². The van der Waals surface area contributed by atoms with Crippen molar-refractivity contribution in [3.8, 4) is 0 Å². The molecular weight excluding hydrogens is 668 g/mol. The summed E-state index contributed by atoms with van der Waals surface area (Å²) in [7, 11) is 0. The van der Waals surface area contributed by atoms with Gasteiger partial charge in [0.15, 0.2) is 18.7 Å². The second kappa shape index (κ2) is 13.2. The Morgan fingerprint density at radius 3 is 2.06 bits per heavy atom. The molecule has 2 saturated heterocycles. The van der Waals surface area contributed by atoms with Gasteiger partial charge in [0.05, 0.1) is 12.7 Å². The molecule has 0 radical (unpaired) electrons. The van der Waals surface area contributed by atoms with Crippen LogP contribution < -0.4 is 0 Å². The van der Waals surface area contributed by atoms with Gasteiger partial charge in [-0.1, -0.05) is 53.7 Å². The predicted octanol–water partition coefficient (Wildman–Crippen LogP) is 4.40. The molecule has 7 rings (SSSR count). The van der Waals surface area contributed by atoms with Crippen LogP contribution in [0, 0.1) is 56.7 Å². The zero-order valence-electron chi connectivity index (χ0n) is 32.4.